The molecule has 2 aromatic heterocycles. The minimum absolute atomic E-state index is 0.0140. The predicted octanol–water partition coefficient (Wildman–Crippen LogP) is 2.69. The topological polar surface area (TPSA) is 107 Å². The van der Waals surface area contributed by atoms with Gasteiger partial charge in [0.1, 0.15) is 5.52 Å². The second-order valence-electron chi connectivity index (χ2n) is 6.83. The molecule has 1 amide bonds. The Balaban J connectivity index is 1.81. The number of nitrogens with zero attached hydrogens (tertiary/aromatic N) is 3. The third-order valence-corrected chi connectivity index (χ3v) is 4.94. The number of aryl methyl sites for hydroxylation is 3. The van der Waals surface area contributed by atoms with E-state index in [-0.39, 0.29) is 16.9 Å². The molecule has 0 saturated heterocycles. The van der Waals surface area contributed by atoms with E-state index >= 15 is 0 Å². The first-order chi connectivity index (χ1) is 14.1. The van der Waals surface area contributed by atoms with Crippen molar-refractivity contribution in [3.05, 3.63) is 81.9 Å². The summed E-state index contributed by atoms with van der Waals surface area (Å²) >= 11 is 0. The van der Waals surface area contributed by atoms with Crippen LogP contribution in [-0.2, 0) is 19.4 Å². The maximum atomic E-state index is 12.6. The maximum Gasteiger partial charge on any atom is 0.327 e. The van der Waals surface area contributed by atoms with E-state index in [1.807, 2.05) is 54.6 Å². The molecule has 2 heterocycles. The van der Waals surface area contributed by atoms with Crippen LogP contribution in [0.15, 0.2) is 59.4 Å². The van der Waals surface area contributed by atoms with Crippen LogP contribution in [0.4, 0.5) is 0 Å². The number of nitrogens with one attached hydrogen (secondary N) is 1. The van der Waals surface area contributed by atoms with Crippen LogP contribution in [0.2, 0.25) is 0 Å². The summed E-state index contributed by atoms with van der Waals surface area (Å²) in [6, 6.07) is 17.7. The van der Waals surface area contributed by atoms with Gasteiger partial charge in [-0.05, 0) is 24.0 Å². The molecule has 0 aliphatic heterocycles. The van der Waals surface area contributed by atoms with Crippen molar-refractivity contribution >= 4 is 17.1 Å². The van der Waals surface area contributed by atoms with Crippen molar-refractivity contribution in [1.29, 1.82) is 0 Å². The van der Waals surface area contributed by atoms with Gasteiger partial charge in [0.2, 0.25) is 0 Å². The maximum absolute atomic E-state index is 12.6. The first kappa shape index (κ1) is 18.6. The average molecular weight is 387 g/mol. The normalized spacial score (nSPS) is 11.1. The van der Waals surface area contributed by atoms with Crippen LogP contribution < -0.4 is 11.4 Å². The highest BCUT2D eigenvalue weighted by Crippen LogP contribution is 2.21. The second kappa shape index (κ2) is 7.71. The van der Waals surface area contributed by atoms with Crippen molar-refractivity contribution in [3.63, 3.8) is 0 Å². The van der Waals surface area contributed by atoms with Crippen molar-refractivity contribution in [2.75, 3.05) is 0 Å². The number of aromatic nitrogens is 4. The lowest BCUT2D eigenvalue weighted by atomic mass is 10.1. The van der Waals surface area contributed by atoms with Crippen molar-refractivity contribution in [2.24, 2.45) is 5.73 Å². The summed E-state index contributed by atoms with van der Waals surface area (Å²) in [7, 11) is 0. The molecular formula is C22H21N5O2. The van der Waals surface area contributed by atoms with Gasteiger partial charge in [-0.25, -0.2) is 14.8 Å². The zero-order valence-corrected chi connectivity index (χ0v) is 16.1. The number of amides is 1. The van der Waals surface area contributed by atoms with Gasteiger partial charge in [0.15, 0.2) is 17.2 Å². The molecule has 4 aromatic rings. The standard InChI is InChI=1S/C22H21N5O2/c1-2-14-8-10-16(11-9-14)20-24-17(19(23)28)18-21(26-20)27(22(29)25-18)13-12-15-6-4-3-5-7-15/h3-11H,2,12-13H2,1H3,(H2,23,28)(H,25,29). The van der Waals surface area contributed by atoms with Crippen molar-refractivity contribution < 1.29 is 4.79 Å². The number of benzene rings is 2. The Bertz CT molecular complexity index is 1220. The molecule has 0 spiro atoms. The summed E-state index contributed by atoms with van der Waals surface area (Å²) in [6.07, 6.45) is 1.58. The van der Waals surface area contributed by atoms with Gasteiger partial charge in [0.05, 0.1) is 0 Å². The molecule has 0 bridgehead atoms. The summed E-state index contributed by atoms with van der Waals surface area (Å²) in [5.74, 6) is -0.346. The Labute approximate surface area is 167 Å². The molecule has 29 heavy (non-hydrogen) atoms. The first-order valence-corrected chi connectivity index (χ1v) is 9.50. The molecule has 0 aliphatic rings. The van der Waals surface area contributed by atoms with Gasteiger partial charge in [-0.2, -0.15) is 0 Å². The molecule has 7 nitrogen and oxygen atoms in total. The van der Waals surface area contributed by atoms with Gasteiger partial charge in [0, 0.05) is 12.1 Å². The molecule has 0 unspecified atom stereocenters. The van der Waals surface area contributed by atoms with E-state index in [0.717, 1.165) is 17.5 Å². The summed E-state index contributed by atoms with van der Waals surface area (Å²) in [5, 5.41) is 0. The number of H-pyrrole nitrogens is 1. The minimum Gasteiger partial charge on any atom is -0.364 e. The van der Waals surface area contributed by atoms with Crippen molar-refractivity contribution in [2.45, 2.75) is 26.3 Å². The highest BCUT2D eigenvalue weighted by molar-refractivity contribution is 6.01. The van der Waals surface area contributed by atoms with Gasteiger partial charge in [-0.15, -0.1) is 0 Å². The zero-order chi connectivity index (χ0) is 20.4. The van der Waals surface area contributed by atoms with Gasteiger partial charge < -0.3 is 10.7 Å². The van der Waals surface area contributed by atoms with Crippen LogP contribution in [0.3, 0.4) is 0 Å². The summed E-state index contributed by atoms with van der Waals surface area (Å²) < 4.78 is 1.53. The molecule has 0 radical (unpaired) electrons. The Hall–Kier alpha value is -3.74. The molecule has 146 valence electrons. The highest BCUT2D eigenvalue weighted by Gasteiger charge is 2.19. The predicted molar refractivity (Wildman–Crippen MR) is 112 cm³/mol. The smallest absolute Gasteiger partial charge is 0.327 e. The Morgan fingerprint density at radius 2 is 1.76 bits per heavy atom. The van der Waals surface area contributed by atoms with E-state index in [1.165, 1.54) is 10.1 Å². The molecule has 0 aliphatic carbocycles. The molecule has 7 heteroatoms. The fourth-order valence-corrected chi connectivity index (χ4v) is 3.32. The lowest BCUT2D eigenvalue weighted by Crippen LogP contribution is -2.18. The molecule has 0 fully saturated rings. The number of aromatic amines is 1. The van der Waals surface area contributed by atoms with Crippen LogP contribution in [0, 0.1) is 0 Å². The lowest BCUT2D eigenvalue weighted by molar-refractivity contribution is 0.0997. The van der Waals surface area contributed by atoms with E-state index in [0.29, 0.717) is 24.4 Å². The van der Waals surface area contributed by atoms with Gasteiger partial charge in [-0.1, -0.05) is 61.5 Å². The second-order valence-corrected chi connectivity index (χ2v) is 6.83. The first-order valence-electron chi connectivity index (χ1n) is 9.50. The highest BCUT2D eigenvalue weighted by atomic mass is 16.2. The minimum atomic E-state index is -0.708. The summed E-state index contributed by atoms with van der Waals surface area (Å²) in [5.41, 5.74) is 8.91. The van der Waals surface area contributed by atoms with Crippen LogP contribution in [0.25, 0.3) is 22.6 Å². The Morgan fingerprint density at radius 3 is 2.41 bits per heavy atom. The molecule has 2 aromatic carbocycles. The summed E-state index contributed by atoms with van der Waals surface area (Å²) in [6.45, 7) is 2.50. The molecule has 0 atom stereocenters. The third-order valence-electron chi connectivity index (χ3n) is 4.94. The molecule has 0 saturated carbocycles. The quantitative estimate of drug-likeness (QED) is 0.530. The number of imidazole rings is 1. The lowest BCUT2D eigenvalue weighted by Gasteiger charge is -2.07. The SMILES string of the molecule is CCc1ccc(-c2nc(C(N)=O)c3[nH]c(=O)n(CCc4ccccc4)c3n2)cc1. The van der Waals surface area contributed by atoms with E-state index in [4.69, 9.17) is 5.73 Å². The third kappa shape index (κ3) is 3.67. The van der Waals surface area contributed by atoms with Gasteiger partial charge in [-0.3, -0.25) is 9.36 Å². The number of fused-ring (bicyclic) bond motifs is 1. The fraction of sp³-hybridized carbons (Fsp3) is 0.182. The van der Waals surface area contributed by atoms with Crippen LogP contribution in [0.5, 0.6) is 0 Å². The summed E-state index contributed by atoms with van der Waals surface area (Å²) in [4.78, 5) is 36.2. The number of nitrogens with two attached hydrogens (primary N) is 1. The van der Waals surface area contributed by atoms with Crippen molar-refractivity contribution in [1.82, 2.24) is 19.5 Å². The van der Waals surface area contributed by atoms with E-state index in [1.54, 1.807) is 0 Å². The Kier molecular flexibility index (Phi) is 4.95. The van der Waals surface area contributed by atoms with Gasteiger partial charge in [0.25, 0.3) is 5.91 Å². The van der Waals surface area contributed by atoms with E-state index in [2.05, 4.69) is 21.9 Å². The number of rotatable bonds is 6. The number of carbonyl (C=O) groups excluding carboxylic acids is 1. The zero-order valence-electron chi connectivity index (χ0n) is 16.1. The number of hydrogen-bond donors (Lipinski definition) is 2. The number of primary amides is 1. The van der Waals surface area contributed by atoms with Crippen LogP contribution in [-0.4, -0.2) is 25.4 Å². The number of hydrogen-bond acceptors (Lipinski definition) is 4. The fourth-order valence-electron chi connectivity index (χ4n) is 3.32. The molecule has 3 N–H and O–H groups in total. The van der Waals surface area contributed by atoms with E-state index in [9.17, 15) is 9.59 Å². The molecule has 4 rings (SSSR count). The van der Waals surface area contributed by atoms with Crippen LogP contribution in [0.1, 0.15) is 28.5 Å². The van der Waals surface area contributed by atoms with E-state index < -0.39 is 5.91 Å². The monoisotopic (exact) mass is 387 g/mol. The average Bonchev–Trinajstić information content (AvgIpc) is 3.07. The van der Waals surface area contributed by atoms with Crippen molar-refractivity contribution in [3.8, 4) is 11.4 Å². The molecular weight excluding hydrogens is 366 g/mol. The Morgan fingerprint density at radius 1 is 1.03 bits per heavy atom. The van der Waals surface area contributed by atoms with Crippen LogP contribution >= 0.6 is 0 Å². The largest absolute Gasteiger partial charge is 0.364 e. The van der Waals surface area contributed by atoms with Gasteiger partial charge >= 0.3 is 5.69 Å². The number of carbonyl (C=O) groups is 1.